The lowest BCUT2D eigenvalue weighted by Gasteiger charge is -2.17. The molecule has 0 radical (unpaired) electrons. The maximum atomic E-state index is 11.2. The number of sulfone groups is 1. The standard InChI is InChI=1S/C11H23NO2S/c1-3-8-12-11(9-15(2,13)14)7-6-10-4-5-10/h10-12H,3-9H2,1-2H3. The zero-order chi connectivity index (χ0) is 11.3. The first-order chi connectivity index (χ1) is 7.01. The van der Waals surface area contributed by atoms with Crippen LogP contribution in [0.3, 0.4) is 0 Å². The monoisotopic (exact) mass is 233 g/mol. The van der Waals surface area contributed by atoms with Gasteiger partial charge in [0.25, 0.3) is 0 Å². The van der Waals surface area contributed by atoms with Gasteiger partial charge in [0, 0.05) is 12.3 Å². The van der Waals surface area contributed by atoms with Crippen LogP contribution in [0, 0.1) is 5.92 Å². The van der Waals surface area contributed by atoms with Crippen molar-refractivity contribution in [3.05, 3.63) is 0 Å². The topological polar surface area (TPSA) is 46.2 Å². The normalized spacial score (nSPS) is 19.1. The Morgan fingerprint density at radius 1 is 1.40 bits per heavy atom. The molecule has 0 spiro atoms. The first kappa shape index (κ1) is 13.0. The second kappa shape index (κ2) is 5.85. The molecule has 1 atom stereocenters. The van der Waals surface area contributed by atoms with E-state index in [1.807, 2.05) is 0 Å². The molecule has 0 saturated heterocycles. The average Bonchev–Trinajstić information content (AvgIpc) is 2.91. The molecule has 1 unspecified atom stereocenters. The summed E-state index contributed by atoms with van der Waals surface area (Å²) in [6.07, 6.45) is 7.28. The van der Waals surface area contributed by atoms with Crippen LogP contribution in [-0.2, 0) is 9.84 Å². The van der Waals surface area contributed by atoms with Crippen LogP contribution in [0.25, 0.3) is 0 Å². The SMILES string of the molecule is CCCNC(CCC1CC1)CS(C)(=O)=O. The van der Waals surface area contributed by atoms with Gasteiger partial charge < -0.3 is 5.32 Å². The smallest absolute Gasteiger partial charge is 0.148 e. The van der Waals surface area contributed by atoms with Gasteiger partial charge in [0.2, 0.25) is 0 Å². The van der Waals surface area contributed by atoms with Gasteiger partial charge in [-0.3, -0.25) is 0 Å². The van der Waals surface area contributed by atoms with Gasteiger partial charge in [-0.25, -0.2) is 8.42 Å². The number of hydrogen-bond donors (Lipinski definition) is 1. The van der Waals surface area contributed by atoms with Gasteiger partial charge in [0.1, 0.15) is 9.84 Å². The van der Waals surface area contributed by atoms with Crippen LogP contribution >= 0.6 is 0 Å². The molecule has 3 nitrogen and oxygen atoms in total. The van der Waals surface area contributed by atoms with Gasteiger partial charge in [0.15, 0.2) is 0 Å². The Hall–Kier alpha value is -0.0900. The summed E-state index contributed by atoms with van der Waals surface area (Å²) in [7, 11) is -2.84. The van der Waals surface area contributed by atoms with Crippen molar-refractivity contribution in [2.45, 2.75) is 45.1 Å². The predicted octanol–water partition coefficient (Wildman–Crippen LogP) is 1.59. The fraction of sp³-hybridized carbons (Fsp3) is 1.00. The van der Waals surface area contributed by atoms with Crippen LogP contribution in [0.5, 0.6) is 0 Å². The number of hydrogen-bond acceptors (Lipinski definition) is 3. The molecular formula is C11H23NO2S. The maximum Gasteiger partial charge on any atom is 0.148 e. The molecule has 15 heavy (non-hydrogen) atoms. The van der Waals surface area contributed by atoms with Crippen LogP contribution in [0.2, 0.25) is 0 Å². The molecule has 0 aromatic carbocycles. The Kier molecular flexibility index (Phi) is 5.06. The van der Waals surface area contributed by atoms with Gasteiger partial charge in [0.05, 0.1) is 5.75 Å². The lowest BCUT2D eigenvalue weighted by Crippen LogP contribution is -2.36. The molecule has 1 saturated carbocycles. The molecule has 0 aromatic heterocycles. The highest BCUT2D eigenvalue weighted by molar-refractivity contribution is 7.90. The van der Waals surface area contributed by atoms with E-state index in [0.717, 1.165) is 25.3 Å². The summed E-state index contributed by atoms with van der Waals surface area (Å²) in [4.78, 5) is 0. The first-order valence-electron chi connectivity index (χ1n) is 5.92. The summed E-state index contributed by atoms with van der Waals surface area (Å²) in [5.41, 5.74) is 0. The molecule has 4 heteroatoms. The molecule has 0 aliphatic heterocycles. The van der Waals surface area contributed by atoms with Crippen LogP contribution < -0.4 is 5.32 Å². The van der Waals surface area contributed by atoms with Gasteiger partial charge in [-0.2, -0.15) is 0 Å². The third-order valence-electron chi connectivity index (χ3n) is 2.81. The second-order valence-corrected chi connectivity index (χ2v) is 6.95. The van der Waals surface area contributed by atoms with Crippen LogP contribution in [0.4, 0.5) is 0 Å². The molecule has 1 fully saturated rings. The van der Waals surface area contributed by atoms with Crippen molar-refractivity contribution in [1.82, 2.24) is 5.32 Å². The molecule has 1 aliphatic carbocycles. The van der Waals surface area contributed by atoms with Gasteiger partial charge in [-0.15, -0.1) is 0 Å². The minimum atomic E-state index is -2.84. The minimum absolute atomic E-state index is 0.167. The van der Waals surface area contributed by atoms with E-state index in [2.05, 4.69) is 12.2 Å². The quantitative estimate of drug-likeness (QED) is 0.692. The van der Waals surface area contributed by atoms with Crippen molar-refractivity contribution < 1.29 is 8.42 Å². The Morgan fingerprint density at radius 2 is 2.07 bits per heavy atom. The first-order valence-corrected chi connectivity index (χ1v) is 7.98. The zero-order valence-corrected chi connectivity index (χ0v) is 10.6. The Labute approximate surface area is 93.6 Å². The fourth-order valence-corrected chi connectivity index (χ4v) is 2.82. The molecule has 0 amide bonds. The van der Waals surface area contributed by atoms with E-state index in [0.29, 0.717) is 5.75 Å². The van der Waals surface area contributed by atoms with Crippen molar-refractivity contribution in [2.24, 2.45) is 5.92 Å². The molecule has 1 aliphatic rings. The van der Waals surface area contributed by atoms with Gasteiger partial charge in [-0.05, 0) is 31.7 Å². The van der Waals surface area contributed by atoms with Crippen molar-refractivity contribution in [2.75, 3.05) is 18.6 Å². The summed E-state index contributed by atoms with van der Waals surface area (Å²) in [6, 6.07) is 0.167. The molecule has 90 valence electrons. The van der Waals surface area contributed by atoms with E-state index in [9.17, 15) is 8.42 Å². The summed E-state index contributed by atoms with van der Waals surface area (Å²) in [6.45, 7) is 3.02. The summed E-state index contributed by atoms with van der Waals surface area (Å²) in [5.74, 6) is 1.18. The Morgan fingerprint density at radius 3 is 2.53 bits per heavy atom. The molecule has 1 rings (SSSR count). The van der Waals surface area contributed by atoms with Crippen molar-refractivity contribution in [3.63, 3.8) is 0 Å². The number of rotatable bonds is 8. The highest BCUT2D eigenvalue weighted by Gasteiger charge is 2.23. The fourth-order valence-electron chi connectivity index (χ4n) is 1.80. The molecular weight excluding hydrogens is 210 g/mol. The van der Waals surface area contributed by atoms with Gasteiger partial charge in [-0.1, -0.05) is 19.8 Å². The van der Waals surface area contributed by atoms with E-state index < -0.39 is 9.84 Å². The third kappa shape index (κ3) is 6.90. The Balaban J connectivity index is 2.29. The van der Waals surface area contributed by atoms with Crippen LogP contribution in [0.15, 0.2) is 0 Å². The largest absolute Gasteiger partial charge is 0.313 e. The van der Waals surface area contributed by atoms with E-state index >= 15 is 0 Å². The van der Waals surface area contributed by atoms with Crippen LogP contribution in [0.1, 0.15) is 39.0 Å². The molecule has 0 heterocycles. The highest BCUT2D eigenvalue weighted by Crippen LogP contribution is 2.33. The lowest BCUT2D eigenvalue weighted by molar-refractivity contribution is 0.479. The Bertz CT molecular complexity index is 270. The summed E-state index contributed by atoms with van der Waals surface area (Å²) < 4.78 is 22.5. The molecule has 0 aromatic rings. The molecule has 0 bridgehead atoms. The van der Waals surface area contributed by atoms with Crippen molar-refractivity contribution in [1.29, 1.82) is 0 Å². The summed E-state index contributed by atoms with van der Waals surface area (Å²) >= 11 is 0. The predicted molar refractivity (Wildman–Crippen MR) is 63.8 cm³/mol. The maximum absolute atomic E-state index is 11.2. The third-order valence-corrected chi connectivity index (χ3v) is 3.82. The number of nitrogens with one attached hydrogen (secondary N) is 1. The van der Waals surface area contributed by atoms with Crippen molar-refractivity contribution in [3.8, 4) is 0 Å². The van der Waals surface area contributed by atoms with E-state index in [-0.39, 0.29) is 6.04 Å². The minimum Gasteiger partial charge on any atom is -0.313 e. The van der Waals surface area contributed by atoms with E-state index in [1.54, 1.807) is 0 Å². The lowest BCUT2D eigenvalue weighted by atomic mass is 10.1. The zero-order valence-electron chi connectivity index (χ0n) is 9.83. The van der Waals surface area contributed by atoms with Crippen LogP contribution in [-0.4, -0.2) is 33.0 Å². The van der Waals surface area contributed by atoms with E-state index in [4.69, 9.17) is 0 Å². The average molecular weight is 233 g/mol. The second-order valence-electron chi connectivity index (χ2n) is 4.76. The van der Waals surface area contributed by atoms with E-state index in [1.165, 1.54) is 25.5 Å². The molecule has 1 N–H and O–H groups in total. The van der Waals surface area contributed by atoms with Gasteiger partial charge >= 0.3 is 0 Å². The highest BCUT2D eigenvalue weighted by atomic mass is 32.2. The van der Waals surface area contributed by atoms with Crippen molar-refractivity contribution >= 4 is 9.84 Å². The summed E-state index contributed by atoms with van der Waals surface area (Å²) in [5, 5.41) is 3.33.